The zero-order valence-electron chi connectivity index (χ0n) is 13.6. The van der Waals surface area contributed by atoms with Gasteiger partial charge < -0.3 is 5.32 Å². The van der Waals surface area contributed by atoms with Gasteiger partial charge in [-0.3, -0.25) is 9.20 Å². The quantitative estimate of drug-likeness (QED) is 0.793. The number of imidazole rings is 1. The number of nitrogens with zero attached hydrogens (tertiary/aromatic N) is 2. The molecule has 3 aromatic rings. The number of amides is 1. The number of carbonyl (C=O) groups excluding carboxylic acids is 1. The van der Waals surface area contributed by atoms with Crippen molar-refractivity contribution in [3.63, 3.8) is 0 Å². The van der Waals surface area contributed by atoms with E-state index < -0.39 is 15.7 Å². The van der Waals surface area contributed by atoms with Crippen molar-refractivity contribution in [3.05, 3.63) is 59.4 Å². The van der Waals surface area contributed by atoms with Crippen molar-refractivity contribution in [1.82, 2.24) is 9.38 Å². The molecule has 2 aromatic heterocycles. The van der Waals surface area contributed by atoms with E-state index in [1.54, 1.807) is 30.5 Å². The molecule has 0 aliphatic carbocycles. The molecule has 124 valence electrons. The number of hydrogen-bond acceptors (Lipinski definition) is 4. The third-order valence-electron chi connectivity index (χ3n) is 3.92. The number of anilines is 1. The lowest BCUT2D eigenvalue weighted by Crippen LogP contribution is -2.14. The van der Waals surface area contributed by atoms with Crippen LogP contribution in [0.3, 0.4) is 0 Å². The summed E-state index contributed by atoms with van der Waals surface area (Å²) in [5.41, 5.74) is 3.22. The van der Waals surface area contributed by atoms with Gasteiger partial charge in [-0.25, -0.2) is 13.4 Å². The summed E-state index contributed by atoms with van der Waals surface area (Å²) in [6.45, 7) is 3.87. The Hall–Kier alpha value is -2.67. The molecule has 3 rings (SSSR count). The second-order valence-corrected chi connectivity index (χ2v) is 7.58. The van der Waals surface area contributed by atoms with E-state index in [1.165, 1.54) is 4.40 Å². The summed E-state index contributed by atoms with van der Waals surface area (Å²) < 4.78 is 25.3. The fourth-order valence-electron chi connectivity index (χ4n) is 2.51. The van der Waals surface area contributed by atoms with Gasteiger partial charge >= 0.3 is 0 Å². The molecule has 1 amide bonds. The Balaban J connectivity index is 2.10. The molecule has 2 heterocycles. The van der Waals surface area contributed by atoms with E-state index in [0.29, 0.717) is 11.2 Å². The first-order chi connectivity index (χ1) is 11.3. The zero-order chi connectivity index (χ0) is 17.5. The molecule has 0 saturated carbocycles. The standard InChI is InChI=1S/C17H17N3O3S/c1-11-7-6-8-13(12(11)2)18-16(21)15-14-9-4-5-10-20(14)17(19-15)24(3,22)23/h4-10H,1-3H3,(H,18,21). The number of sulfone groups is 1. The molecule has 6 nitrogen and oxygen atoms in total. The number of aryl methyl sites for hydroxylation is 1. The van der Waals surface area contributed by atoms with Crippen molar-refractivity contribution in [2.75, 3.05) is 11.6 Å². The van der Waals surface area contributed by atoms with Crippen LogP contribution in [0.2, 0.25) is 0 Å². The molecule has 0 aliphatic rings. The second kappa shape index (κ2) is 5.76. The summed E-state index contributed by atoms with van der Waals surface area (Å²) in [5, 5.41) is 2.67. The van der Waals surface area contributed by atoms with Crippen LogP contribution in [0.5, 0.6) is 0 Å². The molecule has 7 heteroatoms. The van der Waals surface area contributed by atoms with Gasteiger partial charge in [0.05, 0.1) is 5.52 Å². The Labute approximate surface area is 140 Å². The predicted octanol–water partition coefficient (Wildman–Crippen LogP) is 2.61. The number of rotatable bonds is 3. The molecule has 0 radical (unpaired) electrons. The molecule has 0 saturated heterocycles. The number of pyridine rings is 1. The first-order valence-electron chi connectivity index (χ1n) is 7.34. The Morgan fingerprint density at radius 1 is 1.12 bits per heavy atom. The minimum absolute atomic E-state index is 0.0805. The minimum atomic E-state index is -3.56. The van der Waals surface area contributed by atoms with Crippen LogP contribution in [-0.2, 0) is 9.84 Å². The van der Waals surface area contributed by atoms with Crippen molar-refractivity contribution in [1.29, 1.82) is 0 Å². The molecule has 0 atom stereocenters. The Morgan fingerprint density at radius 3 is 2.58 bits per heavy atom. The number of hydrogen-bond donors (Lipinski definition) is 1. The Kier molecular flexibility index (Phi) is 3.88. The van der Waals surface area contributed by atoms with Crippen LogP contribution in [-0.4, -0.2) is 30.0 Å². The third kappa shape index (κ3) is 2.78. The summed E-state index contributed by atoms with van der Waals surface area (Å²) in [4.78, 5) is 16.7. The highest BCUT2D eigenvalue weighted by molar-refractivity contribution is 7.90. The predicted molar refractivity (Wildman–Crippen MR) is 92.2 cm³/mol. The van der Waals surface area contributed by atoms with Crippen LogP contribution in [0.1, 0.15) is 21.6 Å². The maximum absolute atomic E-state index is 12.7. The van der Waals surface area contributed by atoms with E-state index in [0.717, 1.165) is 17.4 Å². The van der Waals surface area contributed by atoms with Gasteiger partial charge in [0, 0.05) is 18.1 Å². The first kappa shape index (κ1) is 16.2. The van der Waals surface area contributed by atoms with E-state index in [4.69, 9.17) is 0 Å². The molecule has 0 spiro atoms. The van der Waals surface area contributed by atoms with Crippen LogP contribution < -0.4 is 5.32 Å². The fraction of sp³-hybridized carbons (Fsp3) is 0.176. The normalized spacial score (nSPS) is 11.6. The summed E-state index contributed by atoms with van der Waals surface area (Å²) in [6, 6.07) is 10.7. The molecule has 0 unspecified atom stereocenters. The van der Waals surface area contributed by atoms with Gasteiger partial charge in [0.15, 0.2) is 5.69 Å². The minimum Gasteiger partial charge on any atom is -0.320 e. The van der Waals surface area contributed by atoms with Crippen molar-refractivity contribution in [3.8, 4) is 0 Å². The van der Waals surface area contributed by atoms with Crippen LogP contribution in [0.25, 0.3) is 5.52 Å². The number of fused-ring (bicyclic) bond motifs is 1. The Morgan fingerprint density at radius 2 is 1.88 bits per heavy atom. The molecular formula is C17H17N3O3S. The van der Waals surface area contributed by atoms with Crippen LogP contribution in [0.15, 0.2) is 47.8 Å². The fourth-order valence-corrected chi connectivity index (χ4v) is 3.28. The zero-order valence-corrected chi connectivity index (χ0v) is 14.4. The SMILES string of the molecule is Cc1cccc(NC(=O)c2nc(S(C)(=O)=O)n3ccccc23)c1C. The Bertz CT molecular complexity index is 1050. The number of nitrogens with one attached hydrogen (secondary N) is 1. The van der Waals surface area contributed by atoms with Crippen molar-refractivity contribution < 1.29 is 13.2 Å². The van der Waals surface area contributed by atoms with Gasteiger partial charge in [0.2, 0.25) is 15.0 Å². The van der Waals surface area contributed by atoms with Crippen LogP contribution >= 0.6 is 0 Å². The van der Waals surface area contributed by atoms with E-state index in [-0.39, 0.29) is 10.9 Å². The van der Waals surface area contributed by atoms with Gasteiger partial charge in [-0.2, -0.15) is 0 Å². The van der Waals surface area contributed by atoms with E-state index in [1.807, 2.05) is 26.0 Å². The number of carbonyl (C=O) groups is 1. The molecule has 1 aromatic carbocycles. The van der Waals surface area contributed by atoms with Crippen molar-refractivity contribution in [2.24, 2.45) is 0 Å². The average molecular weight is 343 g/mol. The van der Waals surface area contributed by atoms with Gasteiger partial charge in [-0.05, 0) is 43.2 Å². The summed E-state index contributed by atoms with van der Waals surface area (Å²) in [5.74, 6) is -0.442. The molecule has 0 bridgehead atoms. The first-order valence-corrected chi connectivity index (χ1v) is 9.23. The van der Waals surface area contributed by atoms with E-state index in [9.17, 15) is 13.2 Å². The smallest absolute Gasteiger partial charge is 0.276 e. The van der Waals surface area contributed by atoms with E-state index in [2.05, 4.69) is 10.3 Å². The van der Waals surface area contributed by atoms with Crippen molar-refractivity contribution in [2.45, 2.75) is 19.0 Å². The highest BCUT2D eigenvalue weighted by Gasteiger charge is 2.23. The molecule has 0 aliphatic heterocycles. The second-order valence-electron chi connectivity index (χ2n) is 5.67. The largest absolute Gasteiger partial charge is 0.320 e. The molecule has 0 fully saturated rings. The highest BCUT2D eigenvalue weighted by Crippen LogP contribution is 2.21. The lowest BCUT2D eigenvalue weighted by molar-refractivity contribution is 0.102. The van der Waals surface area contributed by atoms with Crippen LogP contribution in [0.4, 0.5) is 5.69 Å². The number of benzene rings is 1. The number of aromatic nitrogens is 2. The van der Waals surface area contributed by atoms with Gasteiger partial charge in [0.1, 0.15) is 0 Å². The lowest BCUT2D eigenvalue weighted by atomic mass is 10.1. The monoisotopic (exact) mass is 343 g/mol. The van der Waals surface area contributed by atoms with Crippen molar-refractivity contribution >= 4 is 26.9 Å². The summed E-state index contributed by atoms with van der Waals surface area (Å²) in [6.07, 6.45) is 2.65. The molecule has 1 N–H and O–H groups in total. The third-order valence-corrected chi connectivity index (χ3v) is 4.87. The maximum atomic E-state index is 12.7. The summed E-state index contributed by atoms with van der Waals surface area (Å²) in [7, 11) is -3.56. The van der Waals surface area contributed by atoms with E-state index >= 15 is 0 Å². The van der Waals surface area contributed by atoms with Gasteiger partial charge in [0.25, 0.3) is 5.91 Å². The molecular weight excluding hydrogens is 326 g/mol. The summed E-state index contributed by atoms with van der Waals surface area (Å²) >= 11 is 0. The topological polar surface area (TPSA) is 80.5 Å². The maximum Gasteiger partial charge on any atom is 0.276 e. The highest BCUT2D eigenvalue weighted by atomic mass is 32.2. The van der Waals surface area contributed by atoms with Gasteiger partial charge in [-0.1, -0.05) is 18.2 Å². The average Bonchev–Trinajstić information content (AvgIpc) is 2.92. The molecule has 24 heavy (non-hydrogen) atoms. The van der Waals surface area contributed by atoms with Gasteiger partial charge in [-0.15, -0.1) is 0 Å². The van der Waals surface area contributed by atoms with Crippen LogP contribution in [0, 0.1) is 13.8 Å². The lowest BCUT2D eigenvalue weighted by Gasteiger charge is -2.09.